The fraction of sp³-hybridized carbons (Fsp3) is 0.690. The first-order valence-corrected chi connectivity index (χ1v) is 13.6. The summed E-state index contributed by atoms with van der Waals surface area (Å²) in [5.74, 6) is -0.536. The van der Waals surface area contributed by atoms with Gasteiger partial charge in [-0.2, -0.15) is 0 Å². The van der Waals surface area contributed by atoms with Crippen molar-refractivity contribution < 1.29 is 19.1 Å². The number of nitrogens with one attached hydrogen (secondary N) is 2. The third-order valence-electron chi connectivity index (χ3n) is 7.22. The molecule has 0 heterocycles. The van der Waals surface area contributed by atoms with Crippen LogP contribution in [0, 0.1) is 19.8 Å². The lowest BCUT2D eigenvalue weighted by Gasteiger charge is -2.37. The zero-order valence-electron chi connectivity index (χ0n) is 23.1. The normalized spacial score (nSPS) is 18.3. The summed E-state index contributed by atoms with van der Waals surface area (Å²) >= 11 is 0. The van der Waals surface area contributed by atoms with Gasteiger partial charge >= 0.3 is 6.09 Å². The van der Waals surface area contributed by atoms with Crippen LogP contribution < -0.4 is 10.6 Å². The summed E-state index contributed by atoms with van der Waals surface area (Å²) in [6.45, 7) is 13.2. The Morgan fingerprint density at radius 3 is 2.19 bits per heavy atom. The molecule has 0 aromatic heterocycles. The Balaban J connectivity index is 1.96. The molecule has 1 aromatic rings. The first-order chi connectivity index (χ1) is 16.9. The van der Waals surface area contributed by atoms with Crippen molar-refractivity contribution >= 4 is 17.9 Å². The van der Waals surface area contributed by atoms with Gasteiger partial charge in [0, 0.05) is 12.1 Å². The van der Waals surface area contributed by atoms with Crippen LogP contribution in [0.15, 0.2) is 18.2 Å². The first kappa shape index (κ1) is 28.0. The molecule has 2 saturated carbocycles. The van der Waals surface area contributed by atoms with Gasteiger partial charge in [0.25, 0.3) is 0 Å². The van der Waals surface area contributed by atoms with Crippen molar-refractivity contribution in [1.29, 1.82) is 0 Å². The van der Waals surface area contributed by atoms with Crippen molar-refractivity contribution in [2.75, 3.05) is 0 Å². The van der Waals surface area contributed by atoms with Crippen LogP contribution in [-0.4, -0.2) is 46.5 Å². The molecule has 0 spiro atoms. The maximum absolute atomic E-state index is 14.2. The van der Waals surface area contributed by atoms with Gasteiger partial charge < -0.3 is 20.3 Å². The molecule has 2 N–H and O–H groups in total. The van der Waals surface area contributed by atoms with Gasteiger partial charge in [0.05, 0.1) is 0 Å². The highest BCUT2D eigenvalue weighted by Crippen LogP contribution is 2.38. The molecule has 36 heavy (non-hydrogen) atoms. The van der Waals surface area contributed by atoms with Crippen LogP contribution in [-0.2, 0) is 14.3 Å². The number of hydrogen-bond donors (Lipinski definition) is 2. The topological polar surface area (TPSA) is 87.7 Å². The third kappa shape index (κ3) is 7.23. The number of aryl methyl sites for hydroxylation is 1. The second-order valence-electron chi connectivity index (χ2n) is 11.9. The highest BCUT2D eigenvalue weighted by molar-refractivity contribution is 5.93. The molecule has 1 aromatic carbocycles. The summed E-state index contributed by atoms with van der Waals surface area (Å²) in [5, 5.41) is 6.08. The summed E-state index contributed by atoms with van der Waals surface area (Å²) in [5.41, 5.74) is 2.27. The van der Waals surface area contributed by atoms with Crippen molar-refractivity contribution in [2.24, 2.45) is 5.92 Å². The minimum atomic E-state index is -0.796. The molecule has 2 aliphatic rings. The number of rotatable bonds is 8. The molecule has 7 heteroatoms. The molecule has 3 amide bonds. The predicted octanol–water partition coefficient (Wildman–Crippen LogP) is 5.33. The van der Waals surface area contributed by atoms with E-state index in [0.29, 0.717) is 0 Å². The first-order valence-electron chi connectivity index (χ1n) is 13.6. The van der Waals surface area contributed by atoms with Gasteiger partial charge in [-0.15, -0.1) is 0 Å². The standard InChI is InChI=1S/C29H45N3O4/c1-18(2)24(31-28(35)36-29(5,6)7)27(34)32(22-16-17-22)25(23-15-11-12-19(3)20(23)4)26(33)30-21-13-9-8-10-14-21/h11-12,15,18,21-22,24-25H,8-10,13-14,16-17H2,1-7H3,(H,30,33)(H,31,35). The monoisotopic (exact) mass is 499 g/mol. The van der Waals surface area contributed by atoms with Gasteiger partial charge in [-0.3, -0.25) is 9.59 Å². The highest BCUT2D eigenvalue weighted by atomic mass is 16.6. The summed E-state index contributed by atoms with van der Waals surface area (Å²) in [6.07, 6.45) is 6.43. The quantitative estimate of drug-likeness (QED) is 0.506. The molecule has 0 radical (unpaired) electrons. The van der Waals surface area contributed by atoms with Gasteiger partial charge in [-0.05, 0) is 82.9 Å². The Morgan fingerprint density at radius 1 is 1.00 bits per heavy atom. The van der Waals surface area contributed by atoms with E-state index in [0.717, 1.165) is 55.2 Å². The van der Waals surface area contributed by atoms with Crippen LogP contribution in [0.1, 0.15) is 102 Å². The lowest BCUT2D eigenvalue weighted by Crippen LogP contribution is -2.56. The van der Waals surface area contributed by atoms with Crippen molar-refractivity contribution in [3.8, 4) is 0 Å². The summed E-state index contributed by atoms with van der Waals surface area (Å²) in [6, 6.07) is 4.51. The second kappa shape index (κ2) is 11.7. The molecule has 200 valence electrons. The number of carbonyl (C=O) groups is 3. The van der Waals surface area contributed by atoms with Crippen LogP contribution in [0.5, 0.6) is 0 Å². The average Bonchev–Trinajstić information content (AvgIpc) is 3.62. The summed E-state index contributed by atoms with van der Waals surface area (Å²) < 4.78 is 5.45. The Morgan fingerprint density at radius 2 is 1.64 bits per heavy atom. The minimum Gasteiger partial charge on any atom is -0.444 e. The maximum Gasteiger partial charge on any atom is 0.408 e. The van der Waals surface area contributed by atoms with Gasteiger partial charge in [0.15, 0.2) is 0 Å². The number of ether oxygens (including phenoxy) is 1. The van der Waals surface area contributed by atoms with E-state index < -0.39 is 23.8 Å². The number of alkyl carbamates (subject to hydrolysis) is 1. The molecule has 2 atom stereocenters. The molecular formula is C29H45N3O4. The SMILES string of the molecule is Cc1cccc(C(C(=O)NC2CCCCC2)N(C(=O)C(NC(=O)OC(C)(C)C)C(C)C)C2CC2)c1C. The zero-order chi connectivity index (χ0) is 26.6. The van der Waals surface area contributed by atoms with E-state index in [1.165, 1.54) is 6.42 Å². The van der Waals surface area contributed by atoms with E-state index in [2.05, 4.69) is 10.6 Å². The minimum absolute atomic E-state index is 0.0267. The molecule has 2 fully saturated rings. The fourth-order valence-electron chi connectivity index (χ4n) is 4.99. The van der Waals surface area contributed by atoms with Gasteiger partial charge in [0.1, 0.15) is 17.7 Å². The lowest BCUT2D eigenvalue weighted by molar-refractivity contribution is -0.144. The number of benzene rings is 1. The van der Waals surface area contributed by atoms with E-state index in [1.807, 2.05) is 45.9 Å². The Kier molecular flexibility index (Phi) is 9.07. The Bertz CT molecular complexity index is 942. The molecular weight excluding hydrogens is 454 g/mol. The van der Waals surface area contributed by atoms with Crippen LogP contribution >= 0.6 is 0 Å². The molecule has 0 bridgehead atoms. The Labute approximate surface area is 216 Å². The molecule has 2 aliphatic carbocycles. The van der Waals surface area contributed by atoms with Crippen LogP contribution in [0.3, 0.4) is 0 Å². The van der Waals surface area contributed by atoms with Gasteiger partial charge in [-0.1, -0.05) is 51.3 Å². The number of hydrogen-bond acceptors (Lipinski definition) is 4. The van der Waals surface area contributed by atoms with Crippen molar-refractivity contribution in [3.63, 3.8) is 0 Å². The molecule has 2 unspecified atom stereocenters. The number of amides is 3. The summed E-state index contributed by atoms with van der Waals surface area (Å²) in [7, 11) is 0. The van der Waals surface area contributed by atoms with Gasteiger partial charge in [-0.25, -0.2) is 4.79 Å². The maximum atomic E-state index is 14.2. The largest absolute Gasteiger partial charge is 0.444 e. The predicted molar refractivity (Wildman–Crippen MR) is 142 cm³/mol. The third-order valence-corrected chi connectivity index (χ3v) is 7.22. The van der Waals surface area contributed by atoms with Crippen LogP contribution in [0.4, 0.5) is 4.79 Å². The summed E-state index contributed by atoms with van der Waals surface area (Å²) in [4.78, 5) is 42.5. The highest BCUT2D eigenvalue weighted by Gasteiger charge is 2.45. The van der Waals surface area contributed by atoms with E-state index in [-0.39, 0.29) is 29.8 Å². The molecule has 0 saturated heterocycles. The molecule has 7 nitrogen and oxygen atoms in total. The molecule has 3 rings (SSSR count). The number of carbonyl (C=O) groups excluding carboxylic acids is 3. The van der Waals surface area contributed by atoms with E-state index in [1.54, 1.807) is 25.7 Å². The van der Waals surface area contributed by atoms with Crippen molar-refractivity contribution in [1.82, 2.24) is 15.5 Å². The van der Waals surface area contributed by atoms with E-state index in [9.17, 15) is 14.4 Å². The van der Waals surface area contributed by atoms with Crippen LogP contribution in [0.25, 0.3) is 0 Å². The smallest absolute Gasteiger partial charge is 0.408 e. The number of nitrogens with zero attached hydrogens (tertiary/aromatic N) is 1. The zero-order valence-corrected chi connectivity index (χ0v) is 23.1. The van der Waals surface area contributed by atoms with E-state index in [4.69, 9.17) is 4.74 Å². The van der Waals surface area contributed by atoms with Crippen LogP contribution in [0.2, 0.25) is 0 Å². The van der Waals surface area contributed by atoms with Gasteiger partial charge in [0.2, 0.25) is 11.8 Å². The lowest BCUT2D eigenvalue weighted by atomic mass is 9.92. The average molecular weight is 500 g/mol. The molecule has 0 aliphatic heterocycles. The Hall–Kier alpha value is -2.57. The second-order valence-corrected chi connectivity index (χ2v) is 11.9. The van der Waals surface area contributed by atoms with Crippen molar-refractivity contribution in [2.45, 2.75) is 123 Å². The van der Waals surface area contributed by atoms with Crippen molar-refractivity contribution in [3.05, 3.63) is 34.9 Å². The van der Waals surface area contributed by atoms with E-state index >= 15 is 0 Å². The fourth-order valence-corrected chi connectivity index (χ4v) is 4.99.